The topological polar surface area (TPSA) is 42.4 Å². The first-order valence-electron chi connectivity index (χ1n) is 18.5. The summed E-state index contributed by atoms with van der Waals surface area (Å²) in [4.78, 5) is 7.25. The fraction of sp³-hybridized carbons (Fsp3) is 0. The van der Waals surface area contributed by atoms with E-state index < -0.39 is 0 Å². The average Bonchev–Trinajstić information content (AvgIpc) is 3.86. The van der Waals surface area contributed by atoms with Crippen molar-refractivity contribution in [2.75, 3.05) is 4.90 Å². The summed E-state index contributed by atoms with van der Waals surface area (Å²) in [6.45, 7) is 0. The van der Waals surface area contributed by atoms with Gasteiger partial charge in [-0.3, -0.25) is 0 Å². The average molecular weight is 705 g/mol. The highest BCUT2D eigenvalue weighted by molar-refractivity contribution is 6.17. The summed E-state index contributed by atoms with van der Waals surface area (Å²) in [5, 5.41) is 7.03. The van der Waals surface area contributed by atoms with Crippen LogP contribution in [0.15, 0.2) is 203 Å². The Bertz CT molecular complexity index is 3180. The lowest BCUT2D eigenvalue weighted by atomic mass is 9.93. The van der Waals surface area contributed by atoms with Gasteiger partial charge in [-0.15, -0.1) is 0 Å². The molecule has 0 aliphatic carbocycles. The smallest absolute Gasteiger partial charge is 0.227 e. The molecule has 11 rings (SSSR count). The lowest BCUT2D eigenvalue weighted by Crippen LogP contribution is -2.09. The molecule has 0 aliphatic rings. The number of oxazole rings is 1. The number of rotatable bonds is 6. The number of anilines is 3. The number of aromatic nitrogens is 1. The van der Waals surface area contributed by atoms with Crippen molar-refractivity contribution in [1.29, 1.82) is 0 Å². The highest BCUT2D eigenvalue weighted by Crippen LogP contribution is 2.41. The highest BCUT2D eigenvalue weighted by Gasteiger charge is 2.18. The molecule has 0 saturated heterocycles. The van der Waals surface area contributed by atoms with Gasteiger partial charge in [0.25, 0.3) is 0 Å². The molecule has 258 valence electrons. The zero-order valence-corrected chi connectivity index (χ0v) is 29.7. The zero-order valence-electron chi connectivity index (χ0n) is 29.7. The van der Waals surface area contributed by atoms with Gasteiger partial charge in [-0.2, -0.15) is 0 Å². The molecule has 4 heteroatoms. The molecule has 2 heterocycles. The van der Waals surface area contributed by atoms with Crippen LogP contribution in [0.2, 0.25) is 0 Å². The van der Waals surface area contributed by atoms with Gasteiger partial charge in [0, 0.05) is 28.0 Å². The maximum absolute atomic E-state index is 6.30. The molecule has 0 atom stereocenters. The predicted octanol–water partition coefficient (Wildman–Crippen LogP) is 14.5. The van der Waals surface area contributed by atoms with Crippen molar-refractivity contribution in [3.63, 3.8) is 0 Å². The summed E-state index contributed by atoms with van der Waals surface area (Å²) in [5.74, 6) is 0.601. The Morgan fingerprint density at radius 3 is 1.71 bits per heavy atom. The lowest BCUT2D eigenvalue weighted by molar-refractivity contribution is 0.619. The molecule has 9 aromatic carbocycles. The van der Waals surface area contributed by atoms with Crippen molar-refractivity contribution in [3.8, 4) is 33.7 Å². The van der Waals surface area contributed by atoms with E-state index in [-0.39, 0.29) is 0 Å². The van der Waals surface area contributed by atoms with Crippen LogP contribution in [0.3, 0.4) is 0 Å². The van der Waals surface area contributed by atoms with E-state index in [1.54, 1.807) is 0 Å². The summed E-state index contributed by atoms with van der Waals surface area (Å²) >= 11 is 0. The number of hydrogen-bond acceptors (Lipinski definition) is 4. The first-order valence-corrected chi connectivity index (χ1v) is 18.5. The summed E-state index contributed by atoms with van der Waals surface area (Å²) in [6, 6.07) is 68.3. The molecular formula is C51H32N2O2. The Hall–Kier alpha value is -7.43. The highest BCUT2D eigenvalue weighted by atomic mass is 16.4. The molecule has 0 amide bonds. The van der Waals surface area contributed by atoms with Crippen LogP contribution < -0.4 is 4.90 Å². The fourth-order valence-electron chi connectivity index (χ4n) is 8.05. The first kappa shape index (κ1) is 31.1. The molecule has 0 spiro atoms. The Morgan fingerprint density at radius 1 is 0.364 bits per heavy atom. The van der Waals surface area contributed by atoms with Crippen LogP contribution >= 0.6 is 0 Å². The van der Waals surface area contributed by atoms with Crippen LogP contribution in [-0.2, 0) is 0 Å². The van der Waals surface area contributed by atoms with Gasteiger partial charge < -0.3 is 13.7 Å². The summed E-state index contributed by atoms with van der Waals surface area (Å²) in [6.07, 6.45) is 0. The van der Waals surface area contributed by atoms with Crippen LogP contribution in [-0.4, -0.2) is 4.98 Å². The SMILES string of the molecule is c1ccc(-c2nc3c(ccc4oc5ccc(-c6ccc(N(c7ccccc7)c7ccc(-c8cc9ccccc9c9ccccc89)cc7)cc6)cc5c43)o2)cc1. The third-order valence-corrected chi connectivity index (χ3v) is 10.7. The van der Waals surface area contributed by atoms with Gasteiger partial charge in [-0.1, -0.05) is 115 Å². The Kier molecular flexibility index (Phi) is 7.14. The molecule has 0 radical (unpaired) electrons. The minimum Gasteiger partial charge on any atom is -0.456 e. The van der Waals surface area contributed by atoms with E-state index >= 15 is 0 Å². The third kappa shape index (κ3) is 5.26. The van der Waals surface area contributed by atoms with E-state index in [1.807, 2.05) is 42.5 Å². The summed E-state index contributed by atoms with van der Waals surface area (Å²) in [7, 11) is 0. The number of furan rings is 1. The maximum Gasteiger partial charge on any atom is 0.227 e. The molecule has 0 saturated carbocycles. The minimum absolute atomic E-state index is 0.601. The molecule has 0 bridgehead atoms. The van der Waals surface area contributed by atoms with E-state index in [4.69, 9.17) is 13.8 Å². The monoisotopic (exact) mass is 704 g/mol. The molecule has 0 fully saturated rings. The number of nitrogens with zero attached hydrogens (tertiary/aromatic N) is 2. The van der Waals surface area contributed by atoms with Gasteiger partial charge in [0.2, 0.25) is 5.89 Å². The summed E-state index contributed by atoms with van der Waals surface area (Å²) < 4.78 is 12.5. The van der Waals surface area contributed by atoms with E-state index in [2.05, 4.69) is 157 Å². The molecule has 11 aromatic rings. The number of hydrogen-bond donors (Lipinski definition) is 0. The van der Waals surface area contributed by atoms with Gasteiger partial charge in [0.05, 0.1) is 5.39 Å². The van der Waals surface area contributed by atoms with Crippen molar-refractivity contribution >= 4 is 71.6 Å². The number of benzene rings is 9. The van der Waals surface area contributed by atoms with Gasteiger partial charge in [0.15, 0.2) is 5.58 Å². The second kappa shape index (κ2) is 12.6. The molecular weight excluding hydrogens is 673 g/mol. The largest absolute Gasteiger partial charge is 0.456 e. The van der Waals surface area contributed by atoms with Crippen molar-refractivity contribution in [1.82, 2.24) is 4.98 Å². The first-order chi connectivity index (χ1) is 27.2. The van der Waals surface area contributed by atoms with E-state index in [1.165, 1.54) is 32.7 Å². The zero-order chi connectivity index (χ0) is 36.3. The molecule has 0 aliphatic heterocycles. The Balaban J connectivity index is 0.965. The Morgan fingerprint density at radius 2 is 0.945 bits per heavy atom. The Labute approximate surface area is 317 Å². The van der Waals surface area contributed by atoms with Crippen molar-refractivity contribution in [3.05, 3.63) is 194 Å². The fourth-order valence-corrected chi connectivity index (χ4v) is 8.05. The second-order valence-corrected chi connectivity index (χ2v) is 13.9. The quantitative estimate of drug-likeness (QED) is 0.162. The normalized spacial score (nSPS) is 11.6. The lowest BCUT2D eigenvalue weighted by Gasteiger charge is -2.26. The standard InChI is InChI=1S/C51H32N2O2/c1-3-11-35(12-4-1)51-52-50-48(55-51)30-29-47-49(50)45-31-36(23-28-46(45)54-47)33-19-24-39(25-20-33)53(38-14-5-2-6-15-38)40-26-21-34(22-27-40)44-32-37-13-7-8-16-41(37)42-17-9-10-18-43(42)44/h1-32H. The third-order valence-electron chi connectivity index (χ3n) is 10.7. The maximum atomic E-state index is 6.30. The molecule has 0 N–H and O–H groups in total. The van der Waals surface area contributed by atoms with Crippen LogP contribution in [0.25, 0.3) is 88.3 Å². The van der Waals surface area contributed by atoms with E-state index in [9.17, 15) is 0 Å². The van der Waals surface area contributed by atoms with Crippen LogP contribution in [0.1, 0.15) is 0 Å². The number of para-hydroxylation sites is 1. The van der Waals surface area contributed by atoms with Crippen LogP contribution in [0, 0.1) is 0 Å². The number of fused-ring (bicyclic) bond motifs is 8. The molecule has 4 nitrogen and oxygen atoms in total. The van der Waals surface area contributed by atoms with Crippen LogP contribution in [0.5, 0.6) is 0 Å². The van der Waals surface area contributed by atoms with Gasteiger partial charge in [-0.25, -0.2) is 4.98 Å². The van der Waals surface area contributed by atoms with Crippen LogP contribution in [0.4, 0.5) is 17.1 Å². The molecule has 0 unspecified atom stereocenters. The van der Waals surface area contributed by atoms with Crippen molar-refractivity contribution in [2.24, 2.45) is 0 Å². The van der Waals surface area contributed by atoms with Gasteiger partial charge in [0.1, 0.15) is 16.7 Å². The van der Waals surface area contributed by atoms with Crippen molar-refractivity contribution in [2.45, 2.75) is 0 Å². The summed E-state index contributed by atoms with van der Waals surface area (Å²) in [5.41, 5.74) is 12.0. The van der Waals surface area contributed by atoms with Gasteiger partial charge >= 0.3 is 0 Å². The van der Waals surface area contributed by atoms with Crippen molar-refractivity contribution < 1.29 is 8.83 Å². The van der Waals surface area contributed by atoms with E-state index in [0.717, 1.165) is 66.8 Å². The van der Waals surface area contributed by atoms with E-state index in [0.29, 0.717) is 5.89 Å². The molecule has 2 aromatic heterocycles. The minimum atomic E-state index is 0.601. The molecule has 55 heavy (non-hydrogen) atoms. The predicted molar refractivity (Wildman–Crippen MR) is 227 cm³/mol. The van der Waals surface area contributed by atoms with Gasteiger partial charge in [-0.05, 0) is 123 Å². The second-order valence-electron chi connectivity index (χ2n) is 13.9.